The van der Waals surface area contributed by atoms with Crippen LogP contribution in [0.1, 0.15) is 23.6 Å². The molecule has 0 aliphatic heterocycles. The van der Waals surface area contributed by atoms with Gasteiger partial charge in [-0.25, -0.2) is 0 Å². The Morgan fingerprint density at radius 3 is 2.55 bits per heavy atom. The molecule has 1 aliphatic rings. The van der Waals surface area contributed by atoms with E-state index in [9.17, 15) is 0 Å². The van der Waals surface area contributed by atoms with Crippen LogP contribution in [0.5, 0.6) is 0 Å². The fourth-order valence-corrected chi connectivity index (χ4v) is 5.42. The van der Waals surface area contributed by atoms with E-state index in [1.165, 1.54) is 27.8 Å². The highest BCUT2D eigenvalue weighted by atomic mass is 28.4. The summed E-state index contributed by atoms with van der Waals surface area (Å²) in [4.78, 5) is 0. The summed E-state index contributed by atoms with van der Waals surface area (Å²) in [7, 11) is -1.59. The van der Waals surface area contributed by atoms with E-state index in [0.29, 0.717) is 0 Å². The highest BCUT2D eigenvalue weighted by Gasteiger charge is 2.27. The highest BCUT2D eigenvalue weighted by molar-refractivity contribution is 6.70. The summed E-state index contributed by atoms with van der Waals surface area (Å²) < 4.78 is 6.01. The lowest BCUT2D eigenvalue weighted by molar-refractivity contribution is 0.328. The molecule has 0 heterocycles. The number of benzene rings is 2. The maximum absolute atomic E-state index is 6.01. The standard InChI is InChI=1S/C18H22OSi/c1-4-19-20(2,3)13-15-9-7-11-17-16-10-6-5-8-14(16)12-18(15)17/h5-11H,4,12-13H2,1-3H3. The van der Waals surface area contributed by atoms with Crippen molar-refractivity contribution in [3.63, 3.8) is 0 Å². The molecule has 0 fully saturated rings. The van der Waals surface area contributed by atoms with Crippen LogP contribution in [0.25, 0.3) is 11.1 Å². The van der Waals surface area contributed by atoms with Gasteiger partial charge in [0, 0.05) is 6.61 Å². The highest BCUT2D eigenvalue weighted by Crippen LogP contribution is 2.38. The second-order valence-corrected chi connectivity index (χ2v) is 10.3. The van der Waals surface area contributed by atoms with Crippen LogP contribution in [0.15, 0.2) is 42.5 Å². The molecule has 1 nitrogen and oxygen atoms in total. The van der Waals surface area contributed by atoms with Gasteiger partial charge in [-0.05, 0) is 60.3 Å². The second kappa shape index (κ2) is 5.19. The molecule has 0 saturated heterocycles. The molecule has 20 heavy (non-hydrogen) atoms. The predicted octanol–water partition coefficient (Wildman–Crippen LogP) is 4.58. The molecule has 2 aromatic carbocycles. The summed E-state index contributed by atoms with van der Waals surface area (Å²) in [6, 6.07) is 16.6. The van der Waals surface area contributed by atoms with E-state index in [-0.39, 0.29) is 0 Å². The minimum absolute atomic E-state index is 0.828. The molecule has 0 bridgehead atoms. The molecule has 0 N–H and O–H groups in total. The molecule has 3 rings (SSSR count). The van der Waals surface area contributed by atoms with Crippen molar-refractivity contribution in [3.8, 4) is 11.1 Å². The fourth-order valence-electron chi connectivity index (χ4n) is 3.29. The molecule has 0 atom stereocenters. The average Bonchev–Trinajstić information content (AvgIpc) is 2.78. The first-order chi connectivity index (χ1) is 9.61. The van der Waals surface area contributed by atoms with Crippen LogP contribution >= 0.6 is 0 Å². The molecule has 0 saturated carbocycles. The topological polar surface area (TPSA) is 9.23 Å². The van der Waals surface area contributed by atoms with Gasteiger partial charge in [0.25, 0.3) is 0 Å². The van der Waals surface area contributed by atoms with Crippen molar-refractivity contribution in [2.45, 2.75) is 32.5 Å². The van der Waals surface area contributed by atoms with Gasteiger partial charge in [0.1, 0.15) is 0 Å². The zero-order chi connectivity index (χ0) is 14.2. The van der Waals surface area contributed by atoms with Crippen molar-refractivity contribution < 1.29 is 4.43 Å². The molecule has 1 aliphatic carbocycles. The zero-order valence-electron chi connectivity index (χ0n) is 12.6. The molecule has 2 heteroatoms. The fraction of sp³-hybridized carbons (Fsp3) is 0.333. The average molecular weight is 282 g/mol. The van der Waals surface area contributed by atoms with Gasteiger partial charge in [0.05, 0.1) is 0 Å². The quantitative estimate of drug-likeness (QED) is 0.636. The van der Waals surface area contributed by atoms with Crippen molar-refractivity contribution in [1.82, 2.24) is 0 Å². The molecule has 2 aromatic rings. The number of hydrogen-bond acceptors (Lipinski definition) is 1. The predicted molar refractivity (Wildman–Crippen MR) is 87.5 cm³/mol. The van der Waals surface area contributed by atoms with Gasteiger partial charge in [-0.15, -0.1) is 0 Å². The summed E-state index contributed by atoms with van der Waals surface area (Å²) in [5.41, 5.74) is 7.32. The van der Waals surface area contributed by atoms with Crippen LogP contribution < -0.4 is 0 Å². The lowest BCUT2D eigenvalue weighted by Crippen LogP contribution is -2.34. The normalized spacial score (nSPS) is 13.2. The minimum atomic E-state index is -1.59. The summed E-state index contributed by atoms with van der Waals surface area (Å²) in [6.07, 6.45) is 1.08. The van der Waals surface area contributed by atoms with Gasteiger partial charge in [0.15, 0.2) is 8.32 Å². The Balaban J connectivity index is 1.97. The maximum Gasteiger partial charge on any atom is 0.190 e. The summed E-state index contributed by atoms with van der Waals surface area (Å²) in [5, 5.41) is 0. The van der Waals surface area contributed by atoms with Crippen LogP contribution in [-0.4, -0.2) is 14.9 Å². The summed E-state index contributed by atoms with van der Waals surface area (Å²) in [5.74, 6) is 0. The van der Waals surface area contributed by atoms with Crippen molar-refractivity contribution >= 4 is 8.32 Å². The lowest BCUT2D eigenvalue weighted by Gasteiger charge is -2.23. The first-order valence-corrected chi connectivity index (χ1v) is 10.6. The lowest BCUT2D eigenvalue weighted by atomic mass is 10.0. The summed E-state index contributed by atoms with van der Waals surface area (Å²) >= 11 is 0. The van der Waals surface area contributed by atoms with E-state index in [4.69, 9.17) is 4.43 Å². The Morgan fingerprint density at radius 2 is 1.75 bits per heavy atom. The van der Waals surface area contributed by atoms with Crippen LogP contribution in [0, 0.1) is 0 Å². The van der Waals surface area contributed by atoms with E-state index >= 15 is 0 Å². The molecular formula is C18H22OSi. The molecule has 0 spiro atoms. The van der Waals surface area contributed by atoms with Crippen LogP contribution in [0.3, 0.4) is 0 Å². The Kier molecular flexibility index (Phi) is 3.53. The number of hydrogen-bond donors (Lipinski definition) is 0. The van der Waals surface area contributed by atoms with Gasteiger partial charge in [-0.3, -0.25) is 0 Å². The van der Waals surface area contributed by atoms with E-state index in [0.717, 1.165) is 19.1 Å². The summed E-state index contributed by atoms with van der Waals surface area (Å²) in [6.45, 7) is 7.56. The molecular weight excluding hydrogens is 260 g/mol. The van der Waals surface area contributed by atoms with Crippen molar-refractivity contribution in [2.75, 3.05) is 6.61 Å². The van der Waals surface area contributed by atoms with Crippen molar-refractivity contribution in [3.05, 3.63) is 59.2 Å². The Bertz CT molecular complexity index is 631. The Labute approximate surface area is 122 Å². The Morgan fingerprint density at radius 1 is 1.00 bits per heavy atom. The van der Waals surface area contributed by atoms with E-state index in [1.54, 1.807) is 0 Å². The molecule has 0 unspecified atom stereocenters. The van der Waals surface area contributed by atoms with Gasteiger partial charge >= 0.3 is 0 Å². The first-order valence-electron chi connectivity index (χ1n) is 7.44. The SMILES string of the molecule is CCO[Si](C)(C)Cc1cccc2c1Cc1ccccc1-2. The monoisotopic (exact) mass is 282 g/mol. The molecule has 0 aromatic heterocycles. The Hall–Kier alpha value is -1.38. The van der Waals surface area contributed by atoms with Gasteiger partial charge in [-0.1, -0.05) is 42.5 Å². The van der Waals surface area contributed by atoms with E-state index in [2.05, 4.69) is 62.5 Å². The van der Waals surface area contributed by atoms with Crippen molar-refractivity contribution in [2.24, 2.45) is 0 Å². The number of rotatable bonds is 4. The third-order valence-electron chi connectivity index (χ3n) is 4.10. The smallest absolute Gasteiger partial charge is 0.190 e. The molecule has 0 amide bonds. The van der Waals surface area contributed by atoms with Crippen LogP contribution in [0.4, 0.5) is 0 Å². The largest absolute Gasteiger partial charge is 0.417 e. The zero-order valence-corrected chi connectivity index (χ0v) is 13.6. The third kappa shape index (κ3) is 2.46. The van der Waals surface area contributed by atoms with Crippen molar-refractivity contribution in [1.29, 1.82) is 0 Å². The van der Waals surface area contributed by atoms with Crippen LogP contribution in [0.2, 0.25) is 13.1 Å². The number of fused-ring (bicyclic) bond motifs is 3. The third-order valence-corrected chi connectivity index (χ3v) is 6.40. The first kappa shape index (κ1) is 13.6. The van der Waals surface area contributed by atoms with E-state index in [1.807, 2.05) is 0 Å². The minimum Gasteiger partial charge on any atom is -0.417 e. The van der Waals surface area contributed by atoms with E-state index < -0.39 is 8.32 Å². The van der Waals surface area contributed by atoms with Gasteiger partial charge in [-0.2, -0.15) is 0 Å². The maximum atomic E-state index is 6.01. The van der Waals surface area contributed by atoms with Crippen LogP contribution in [-0.2, 0) is 16.9 Å². The molecule has 0 radical (unpaired) electrons. The second-order valence-electron chi connectivity index (χ2n) is 6.15. The molecule has 104 valence electrons. The van der Waals surface area contributed by atoms with Gasteiger partial charge in [0.2, 0.25) is 0 Å². The van der Waals surface area contributed by atoms with Gasteiger partial charge < -0.3 is 4.43 Å².